The minimum Gasteiger partial charge on any atom is -0.384 e. The van der Waals surface area contributed by atoms with Gasteiger partial charge in [0.05, 0.1) is 0 Å². The molecule has 4 saturated carbocycles. The molecule has 5 rings (SSSR count). The van der Waals surface area contributed by atoms with Crippen molar-refractivity contribution in [3.63, 3.8) is 0 Å². The Bertz CT molecular complexity index is 764. The van der Waals surface area contributed by atoms with Crippen LogP contribution in [-0.4, -0.2) is 26.2 Å². The highest BCUT2D eigenvalue weighted by Gasteiger charge is 2.56. The molecule has 1 aromatic rings. The van der Waals surface area contributed by atoms with Crippen molar-refractivity contribution in [2.45, 2.75) is 64.7 Å². The molecule has 4 aliphatic rings. The molecule has 1 N–H and O–H groups in total. The van der Waals surface area contributed by atoms with E-state index in [2.05, 4.69) is 12.2 Å². The van der Waals surface area contributed by atoms with E-state index in [1.54, 1.807) is 0 Å². The Kier molecular flexibility index (Phi) is 6.16. The highest BCUT2D eigenvalue weighted by molar-refractivity contribution is 5.94. The lowest BCUT2D eigenvalue weighted by molar-refractivity contribution is -0.0712. The van der Waals surface area contributed by atoms with Crippen molar-refractivity contribution >= 4 is 5.91 Å². The lowest BCUT2D eigenvalue weighted by atomic mass is 9.49. The average molecular weight is 424 g/mol. The first kappa shape index (κ1) is 21.5. The van der Waals surface area contributed by atoms with Gasteiger partial charge in [0, 0.05) is 25.8 Å². The molecule has 8 atom stereocenters. The van der Waals surface area contributed by atoms with E-state index in [9.17, 15) is 4.79 Å². The lowest BCUT2D eigenvalue weighted by Crippen LogP contribution is -2.49. The average Bonchev–Trinajstić information content (AvgIpc) is 3.14. The van der Waals surface area contributed by atoms with E-state index in [-0.39, 0.29) is 5.91 Å². The third-order valence-electron chi connectivity index (χ3n) is 10.2. The fourth-order valence-corrected chi connectivity index (χ4v) is 8.69. The van der Waals surface area contributed by atoms with Crippen LogP contribution in [0.2, 0.25) is 0 Å². The maximum absolute atomic E-state index is 12.6. The molecule has 3 nitrogen and oxygen atoms in total. The molecule has 4 fully saturated rings. The Hall–Kier alpha value is -1.35. The minimum atomic E-state index is 0.0923. The van der Waals surface area contributed by atoms with Crippen LogP contribution >= 0.6 is 0 Å². The predicted octanol–water partition coefficient (Wildman–Crippen LogP) is 5.95. The zero-order valence-corrected chi connectivity index (χ0v) is 19.5. The third-order valence-corrected chi connectivity index (χ3v) is 10.2. The topological polar surface area (TPSA) is 38.3 Å². The van der Waals surface area contributed by atoms with Gasteiger partial charge in [0.15, 0.2) is 0 Å². The lowest BCUT2D eigenvalue weighted by Gasteiger charge is -2.56. The molecule has 0 bridgehead atoms. The van der Waals surface area contributed by atoms with E-state index in [1.165, 1.54) is 57.8 Å². The maximum Gasteiger partial charge on any atom is 0.251 e. The summed E-state index contributed by atoms with van der Waals surface area (Å²) in [4.78, 5) is 12.6. The SMILES string of the molecule is COC[C@H]1CC[C@H]2C(CCC3C2CCC2(C)C(CNC(=O)c4ccccc4)CCC32)C1. The predicted molar refractivity (Wildman–Crippen MR) is 125 cm³/mol. The molecule has 0 aliphatic heterocycles. The van der Waals surface area contributed by atoms with Crippen LogP contribution in [0.25, 0.3) is 0 Å². The van der Waals surface area contributed by atoms with Crippen molar-refractivity contribution in [2.75, 3.05) is 20.3 Å². The van der Waals surface area contributed by atoms with Crippen molar-refractivity contribution in [2.24, 2.45) is 46.8 Å². The molecule has 4 aliphatic carbocycles. The first-order valence-electron chi connectivity index (χ1n) is 12.9. The number of carbonyl (C=O) groups excluding carboxylic acids is 1. The fraction of sp³-hybridized carbons (Fsp3) is 0.750. The zero-order valence-electron chi connectivity index (χ0n) is 19.5. The Balaban J connectivity index is 1.22. The molecule has 31 heavy (non-hydrogen) atoms. The molecule has 1 amide bonds. The van der Waals surface area contributed by atoms with Gasteiger partial charge < -0.3 is 10.1 Å². The van der Waals surface area contributed by atoms with Gasteiger partial charge in [-0.2, -0.15) is 0 Å². The van der Waals surface area contributed by atoms with Gasteiger partial charge in [0.1, 0.15) is 0 Å². The Labute approximate surface area is 188 Å². The number of fused-ring (bicyclic) bond motifs is 5. The van der Waals surface area contributed by atoms with Crippen LogP contribution in [0.15, 0.2) is 30.3 Å². The van der Waals surface area contributed by atoms with Crippen molar-refractivity contribution in [3.05, 3.63) is 35.9 Å². The first-order valence-corrected chi connectivity index (χ1v) is 12.9. The quantitative estimate of drug-likeness (QED) is 0.636. The number of rotatable bonds is 5. The van der Waals surface area contributed by atoms with E-state index in [0.717, 1.165) is 54.2 Å². The summed E-state index contributed by atoms with van der Waals surface area (Å²) in [6, 6.07) is 9.69. The van der Waals surface area contributed by atoms with E-state index in [1.807, 2.05) is 37.4 Å². The second-order valence-electron chi connectivity index (χ2n) is 11.5. The highest BCUT2D eigenvalue weighted by Crippen LogP contribution is 2.64. The molecule has 6 unspecified atom stereocenters. The van der Waals surface area contributed by atoms with Crippen molar-refractivity contribution in [3.8, 4) is 0 Å². The summed E-state index contributed by atoms with van der Waals surface area (Å²) in [6.07, 6.45) is 12.6. The summed E-state index contributed by atoms with van der Waals surface area (Å²) in [6.45, 7) is 4.39. The second kappa shape index (κ2) is 8.89. The molecule has 0 radical (unpaired) electrons. The van der Waals surface area contributed by atoms with Crippen molar-refractivity contribution in [1.29, 1.82) is 0 Å². The van der Waals surface area contributed by atoms with Crippen LogP contribution < -0.4 is 5.32 Å². The molecule has 0 heterocycles. The summed E-state index contributed by atoms with van der Waals surface area (Å²) in [5.74, 6) is 6.26. The molecule has 3 heteroatoms. The number of methoxy groups -OCH3 is 1. The summed E-state index contributed by atoms with van der Waals surface area (Å²) in [7, 11) is 1.86. The molecular weight excluding hydrogens is 382 g/mol. The van der Waals surface area contributed by atoms with Crippen LogP contribution in [0.4, 0.5) is 0 Å². The molecule has 0 spiro atoms. The Morgan fingerprint density at radius 1 is 1.00 bits per heavy atom. The van der Waals surface area contributed by atoms with Gasteiger partial charge in [0.25, 0.3) is 5.91 Å². The van der Waals surface area contributed by atoms with Gasteiger partial charge in [-0.05, 0) is 117 Å². The smallest absolute Gasteiger partial charge is 0.251 e. The van der Waals surface area contributed by atoms with Crippen LogP contribution in [0, 0.1) is 46.8 Å². The molecule has 170 valence electrons. The van der Waals surface area contributed by atoms with Crippen LogP contribution in [-0.2, 0) is 4.74 Å². The number of amides is 1. The van der Waals surface area contributed by atoms with E-state index in [0.29, 0.717) is 11.3 Å². The van der Waals surface area contributed by atoms with Gasteiger partial charge in [-0.3, -0.25) is 4.79 Å². The number of benzene rings is 1. The second-order valence-corrected chi connectivity index (χ2v) is 11.5. The minimum absolute atomic E-state index is 0.0923. The molecule has 0 aromatic heterocycles. The van der Waals surface area contributed by atoms with E-state index >= 15 is 0 Å². The number of nitrogens with one attached hydrogen (secondary N) is 1. The normalized spacial score (nSPS) is 41.7. The van der Waals surface area contributed by atoms with E-state index in [4.69, 9.17) is 4.74 Å². The summed E-state index contributed by atoms with van der Waals surface area (Å²) < 4.78 is 5.49. The number of carbonyl (C=O) groups is 1. The summed E-state index contributed by atoms with van der Waals surface area (Å²) in [5.41, 5.74) is 1.21. The monoisotopic (exact) mass is 423 g/mol. The van der Waals surface area contributed by atoms with Gasteiger partial charge in [-0.25, -0.2) is 0 Å². The Morgan fingerprint density at radius 2 is 1.81 bits per heavy atom. The summed E-state index contributed by atoms with van der Waals surface area (Å²) >= 11 is 0. The maximum atomic E-state index is 12.6. The molecular formula is C28H41NO2. The Morgan fingerprint density at radius 3 is 2.61 bits per heavy atom. The molecule has 0 saturated heterocycles. The van der Waals surface area contributed by atoms with Gasteiger partial charge in [0.2, 0.25) is 0 Å². The zero-order chi connectivity index (χ0) is 21.4. The van der Waals surface area contributed by atoms with Crippen LogP contribution in [0.5, 0.6) is 0 Å². The van der Waals surface area contributed by atoms with Gasteiger partial charge >= 0.3 is 0 Å². The largest absolute Gasteiger partial charge is 0.384 e. The standard InChI is InChI=1S/C28H41NO2/c1-28-15-14-24-23-11-8-19(18-31-2)16-21(23)9-12-25(24)26(28)13-10-22(28)17-29-27(30)20-6-4-3-5-7-20/h3-7,19,21-26H,8-18H2,1-2H3,(H,29,30)/t19-,21?,22?,23-,24?,25?,26?,28?/m0/s1. The number of hydrogen-bond acceptors (Lipinski definition) is 2. The van der Waals surface area contributed by atoms with Crippen molar-refractivity contribution < 1.29 is 9.53 Å². The highest BCUT2D eigenvalue weighted by atomic mass is 16.5. The summed E-state index contributed by atoms with van der Waals surface area (Å²) in [5, 5.41) is 3.28. The van der Waals surface area contributed by atoms with E-state index < -0.39 is 0 Å². The van der Waals surface area contributed by atoms with Gasteiger partial charge in [-0.15, -0.1) is 0 Å². The van der Waals surface area contributed by atoms with Crippen LogP contribution in [0.3, 0.4) is 0 Å². The first-order chi connectivity index (χ1) is 15.1. The fourth-order valence-electron chi connectivity index (χ4n) is 8.69. The van der Waals surface area contributed by atoms with Crippen molar-refractivity contribution in [1.82, 2.24) is 5.32 Å². The number of ether oxygens (including phenoxy) is 1. The van der Waals surface area contributed by atoms with Crippen LogP contribution in [0.1, 0.15) is 75.1 Å². The van der Waals surface area contributed by atoms with Gasteiger partial charge in [-0.1, -0.05) is 25.1 Å². The number of hydrogen-bond donors (Lipinski definition) is 1. The molecule has 1 aromatic carbocycles. The third kappa shape index (κ3) is 3.96.